The van der Waals surface area contributed by atoms with E-state index in [0.29, 0.717) is 43.2 Å². The zero-order valence-corrected chi connectivity index (χ0v) is 26.5. The first-order chi connectivity index (χ1) is 20.4. The lowest BCUT2D eigenvalue weighted by Crippen LogP contribution is -2.48. The van der Waals surface area contributed by atoms with Crippen molar-refractivity contribution in [1.82, 2.24) is 14.4 Å². The van der Waals surface area contributed by atoms with E-state index in [1.807, 2.05) is 23.1 Å². The Kier molecular flexibility index (Phi) is 11.9. The number of carbonyl (C=O) groups excluding carboxylic acids is 2. The second-order valence-corrected chi connectivity index (χ2v) is 11.7. The van der Waals surface area contributed by atoms with Crippen LogP contribution in [0, 0.1) is 0 Å². The molecule has 2 aromatic carbocycles. The summed E-state index contributed by atoms with van der Waals surface area (Å²) in [5, 5.41) is 0. The van der Waals surface area contributed by atoms with Crippen LogP contribution in [0.25, 0.3) is 0 Å². The number of aromatic nitrogens is 1. The Hall–Kier alpha value is -3.30. The maximum Gasteiger partial charge on any atom is 0.254 e. The Bertz CT molecular complexity index is 1280. The summed E-state index contributed by atoms with van der Waals surface area (Å²) in [7, 11) is 4.74. The van der Waals surface area contributed by atoms with E-state index in [9.17, 15) is 9.59 Å². The zero-order valence-electron chi connectivity index (χ0n) is 24.9. The minimum atomic E-state index is -0.237. The van der Waals surface area contributed by atoms with Crippen LogP contribution in [0.1, 0.15) is 60.1 Å². The predicted molar refractivity (Wildman–Crippen MR) is 167 cm³/mol. The summed E-state index contributed by atoms with van der Waals surface area (Å²) in [6, 6.07) is 17.7. The molecule has 226 valence electrons. The maximum absolute atomic E-state index is 14.1. The van der Waals surface area contributed by atoms with Crippen LogP contribution in [0.4, 0.5) is 0 Å². The SMILES string of the molecule is COCCCN(CC(=O)N(Cc1cccn1Cc1ccc(Br)cc1)C1CCCCC1)C(=O)c1cc(OC)cc(OC)c1. The van der Waals surface area contributed by atoms with Gasteiger partial charge in [0.15, 0.2) is 0 Å². The molecular weight excluding hydrogens is 598 g/mol. The lowest BCUT2D eigenvalue weighted by molar-refractivity contribution is -0.135. The fourth-order valence-corrected chi connectivity index (χ4v) is 5.81. The number of nitrogens with zero attached hydrogens (tertiary/aromatic N) is 3. The van der Waals surface area contributed by atoms with E-state index >= 15 is 0 Å². The Labute approximate surface area is 257 Å². The molecule has 1 heterocycles. The quantitative estimate of drug-likeness (QED) is 0.198. The average Bonchev–Trinajstić information content (AvgIpc) is 3.46. The molecule has 8 nitrogen and oxygen atoms in total. The summed E-state index contributed by atoms with van der Waals surface area (Å²) in [5.41, 5.74) is 2.69. The highest BCUT2D eigenvalue weighted by Gasteiger charge is 2.29. The van der Waals surface area contributed by atoms with E-state index in [0.717, 1.165) is 42.4 Å². The van der Waals surface area contributed by atoms with Crippen molar-refractivity contribution < 1.29 is 23.8 Å². The summed E-state index contributed by atoms with van der Waals surface area (Å²) in [4.78, 5) is 31.6. The van der Waals surface area contributed by atoms with Crippen molar-refractivity contribution in [2.45, 2.75) is 57.7 Å². The van der Waals surface area contributed by atoms with E-state index < -0.39 is 0 Å². The van der Waals surface area contributed by atoms with Crippen LogP contribution >= 0.6 is 15.9 Å². The van der Waals surface area contributed by atoms with Crippen molar-refractivity contribution in [2.75, 3.05) is 41.0 Å². The topological polar surface area (TPSA) is 73.2 Å². The molecule has 0 unspecified atom stereocenters. The molecule has 3 aromatic rings. The van der Waals surface area contributed by atoms with E-state index in [-0.39, 0.29) is 24.4 Å². The van der Waals surface area contributed by atoms with E-state index in [4.69, 9.17) is 14.2 Å². The Morgan fingerprint density at radius 2 is 1.64 bits per heavy atom. The second kappa shape index (κ2) is 15.8. The van der Waals surface area contributed by atoms with Crippen molar-refractivity contribution in [3.05, 3.63) is 82.1 Å². The third kappa shape index (κ3) is 8.61. The molecule has 9 heteroatoms. The Balaban J connectivity index is 1.57. The molecule has 1 aliphatic carbocycles. The minimum absolute atomic E-state index is 0.00794. The number of benzene rings is 2. The van der Waals surface area contributed by atoms with Crippen LogP contribution < -0.4 is 9.47 Å². The number of hydrogen-bond donors (Lipinski definition) is 0. The molecule has 42 heavy (non-hydrogen) atoms. The number of ether oxygens (including phenoxy) is 3. The first kappa shape index (κ1) is 31.6. The van der Waals surface area contributed by atoms with Gasteiger partial charge in [0.05, 0.1) is 20.8 Å². The molecule has 0 N–H and O–H groups in total. The van der Waals surface area contributed by atoms with Gasteiger partial charge < -0.3 is 28.6 Å². The Morgan fingerprint density at radius 1 is 0.952 bits per heavy atom. The monoisotopic (exact) mass is 639 g/mol. The summed E-state index contributed by atoms with van der Waals surface area (Å²) >= 11 is 3.51. The molecule has 2 amide bonds. The van der Waals surface area contributed by atoms with Crippen LogP contribution in [0.3, 0.4) is 0 Å². The average molecular weight is 641 g/mol. The molecule has 0 aliphatic heterocycles. The van der Waals surface area contributed by atoms with Crippen molar-refractivity contribution in [3.8, 4) is 11.5 Å². The molecule has 1 fully saturated rings. The third-order valence-corrected chi connectivity index (χ3v) is 8.37. The summed E-state index contributed by atoms with van der Waals surface area (Å²) in [6.45, 7) is 2.11. The molecule has 4 rings (SSSR count). The number of methoxy groups -OCH3 is 3. The van der Waals surface area contributed by atoms with Gasteiger partial charge in [-0.25, -0.2) is 0 Å². The van der Waals surface area contributed by atoms with E-state index in [1.54, 1.807) is 44.4 Å². The summed E-state index contributed by atoms with van der Waals surface area (Å²) in [6.07, 6.45) is 8.04. The van der Waals surface area contributed by atoms with Gasteiger partial charge >= 0.3 is 0 Å². The van der Waals surface area contributed by atoms with Crippen LogP contribution in [-0.2, 0) is 22.6 Å². The number of hydrogen-bond acceptors (Lipinski definition) is 5. The van der Waals surface area contributed by atoms with Crippen LogP contribution in [0.5, 0.6) is 11.5 Å². The van der Waals surface area contributed by atoms with Gasteiger partial charge in [-0.05, 0) is 61.2 Å². The maximum atomic E-state index is 14.1. The van der Waals surface area contributed by atoms with Crippen molar-refractivity contribution in [1.29, 1.82) is 0 Å². The van der Waals surface area contributed by atoms with Gasteiger partial charge in [0.2, 0.25) is 5.91 Å². The largest absolute Gasteiger partial charge is 0.497 e. The predicted octanol–water partition coefficient (Wildman–Crippen LogP) is 6.16. The molecular formula is C33H42BrN3O5. The van der Waals surface area contributed by atoms with E-state index in [2.05, 4.69) is 44.9 Å². The zero-order chi connectivity index (χ0) is 29.9. The van der Waals surface area contributed by atoms with Crippen molar-refractivity contribution >= 4 is 27.7 Å². The van der Waals surface area contributed by atoms with Crippen LogP contribution in [0.15, 0.2) is 65.3 Å². The van der Waals surface area contributed by atoms with Gasteiger partial charge in [0, 0.05) is 60.8 Å². The number of carbonyl (C=O) groups is 2. The number of rotatable bonds is 14. The molecule has 1 aromatic heterocycles. The minimum Gasteiger partial charge on any atom is -0.497 e. The normalized spacial score (nSPS) is 13.5. The molecule has 0 bridgehead atoms. The lowest BCUT2D eigenvalue weighted by atomic mass is 9.94. The van der Waals surface area contributed by atoms with Gasteiger partial charge in [0.1, 0.15) is 18.0 Å². The van der Waals surface area contributed by atoms with Gasteiger partial charge in [-0.15, -0.1) is 0 Å². The highest BCUT2D eigenvalue weighted by atomic mass is 79.9. The first-order valence-electron chi connectivity index (χ1n) is 14.6. The summed E-state index contributed by atoms with van der Waals surface area (Å²) in [5.74, 6) is 0.769. The third-order valence-electron chi connectivity index (χ3n) is 7.85. The molecule has 1 saturated carbocycles. The molecule has 0 radical (unpaired) electrons. The lowest BCUT2D eigenvalue weighted by Gasteiger charge is -2.36. The molecule has 0 saturated heterocycles. The molecule has 0 atom stereocenters. The number of amides is 2. The Morgan fingerprint density at radius 3 is 2.29 bits per heavy atom. The highest BCUT2D eigenvalue weighted by molar-refractivity contribution is 9.10. The van der Waals surface area contributed by atoms with Crippen LogP contribution in [-0.4, -0.2) is 73.2 Å². The van der Waals surface area contributed by atoms with Gasteiger partial charge in [-0.3, -0.25) is 9.59 Å². The van der Waals surface area contributed by atoms with Crippen LogP contribution in [0.2, 0.25) is 0 Å². The second-order valence-electron chi connectivity index (χ2n) is 10.7. The van der Waals surface area contributed by atoms with Crippen molar-refractivity contribution in [2.24, 2.45) is 0 Å². The fourth-order valence-electron chi connectivity index (χ4n) is 5.54. The smallest absolute Gasteiger partial charge is 0.254 e. The molecule has 0 spiro atoms. The standard InChI is InChI=1S/C33H42BrN3O5/c1-40-18-8-17-36(33(39)26-19-30(41-2)21-31(20-26)42-3)24-32(38)37(28-9-5-4-6-10-28)23-29-11-7-16-35(29)22-25-12-14-27(34)15-13-25/h7,11-16,19-21,28H,4-6,8-10,17-18,22-24H2,1-3H3. The van der Waals surface area contributed by atoms with Gasteiger partial charge in [0.25, 0.3) is 5.91 Å². The van der Waals surface area contributed by atoms with Crippen molar-refractivity contribution in [3.63, 3.8) is 0 Å². The molecule has 1 aliphatic rings. The highest BCUT2D eigenvalue weighted by Crippen LogP contribution is 2.27. The summed E-state index contributed by atoms with van der Waals surface area (Å²) < 4.78 is 19.3. The number of halogens is 1. The fraction of sp³-hybridized carbons (Fsp3) is 0.455. The van der Waals surface area contributed by atoms with Gasteiger partial charge in [-0.1, -0.05) is 47.3 Å². The first-order valence-corrected chi connectivity index (χ1v) is 15.4. The van der Waals surface area contributed by atoms with Gasteiger partial charge in [-0.2, -0.15) is 0 Å². The van der Waals surface area contributed by atoms with E-state index in [1.165, 1.54) is 12.0 Å².